The zero-order valence-electron chi connectivity index (χ0n) is 15.9. The summed E-state index contributed by atoms with van der Waals surface area (Å²) in [5, 5.41) is 9.25. The number of amides is 2. The third-order valence-corrected chi connectivity index (χ3v) is 4.37. The Labute approximate surface area is 163 Å². The summed E-state index contributed by atoms with van der Waals surface area (Å²) in [6.07, 6.45) is 3.73. The van der Waals surface area contributed by atoms with Crippen LogP contribution in [0.3, 0.4) is 0 Å². The number of carbonyl (C=O) groups is 2. The summed E-state index contributed by atoms with van der Waals surface area (Å²) >= 11 is 0. The topological polar surface area (TPSA) is 110 Å². The second-order valence-electron chi connectivity index (χ2n) is 6.67. The van der Waals surface area contributed by atoms with Crippen molar-refractivity contribution in [2.75, 3.05) is 31.5 Å². The van der Waals surface area contributed by atoms with Crippen LogP contribution in [0.2, 0.25) is 0 Å². The van der Waals surface area contributed by atoms with Crippen LogP contribution in [0.25, 0.3) is 0 Å². The van der Waals surface area contributed by atoms with Gasteiger partial charge >= 0.3 is 11.8 Å². The van der Waals surface area contributed by atoms with Crippen LogP contribution < -0.4 is 15.4 Å². The standard InChI is InChI=1S/C19H25N5O4/c1-14(25)21-15-5-7-16(8-6-15)27-13-17-22-19(28-23-17)18(26)20-9-12-24-10-3-2-4-11-24/h5-8H,2-4,9-13H2,1H3,(H,20,26)(H,21,25). The Kier molecular flexibility index (Phi) is 6.96. The SMILES string of the molecule is CC(=O)Nc1ccc(OCc2noc(C(=O)NCCN3CCCCC3)n2)cc1. The summed E-state index contributed by atoms with van der Waals surface area (Å²) in [5.74, 6) is 0.287. The van der Waals surface area contributed by atoms with Gasteiger partial charge in [-0.25, -0.2) is 0 Å². The van der Waals surface area contributed by atoms with E-state index in [1.165, 1.54) is 26.2 Å². The number of aromatic nitrogens is 2. The van der Waals surface area contributed by atoms with E-state index in [0.29, 0.717) is 18.0 Å². The quantitative estimate of drug-likeness (QED) is 0.711. The van der Waals surface area contributed by atoms with Crippen LogP contribution in [0, 0.1) is 0 Å². The summed E-state index contributed by atoms with van der Waals surface area (Å²) in [6, 6.07) is 6.90. The average molecular weight is 387 g/mol. The van der Waals surface area contributed by atoms with E-state index < -0.39 is 0 Å². The molecule has 150 valence electrons. The lowest BCUT2D eigenvalue weighted by atomic mass is 10.1. The van der Waals surface area contributed by atoms with Crippen LogP contribution in [0.15, 0.2) is 28.8 Å². The molecule has 9 nitrogen and oxygen atoms in total. The van der Waals surface area contributed by atoms with Gasteiger partial charge in [-0.15, -0.1) is 0 Å². The molecule has 0 radical (unpaired) electrons. The Hall–Kier alpha value is -2.94. The number of anilines is 1. The lowest BCUT2D eigenvalue weighted by Crippen LogP contribution is -2.37. The van der Waals surface area contributed by atoms with Crippen molar-refractivity contribution in [3.05, 3.63) is 36.0 Å². The molecule has 9 heteroatoms. The van der Waals surface area contributed by atoms with Crippen LogP contribution >= 0.6 is 0 Å². The minimum absolute atomic E-state index is 0.0711. The number of hydrogen-bond donors (Lipinski definition) is 2. The number of likely N-dealkylation sites (tertiary alicyclic amines) is 1. The fourth-order valence-electron chi connectivity index (χ4n) is 2.98. The largest absolute Gasteiger partial charge is 0.485 e. The molecular formula is C19H25N5O4. The van der Waals surface area contributed by atoms with Crippen LogP contribution in [0.1, 0.15) is 42.7 Å². The van der Waals surface area contributed by atoms with E-state index in [4.69, 9.17) is 9.26 Å². The first kappa shape index (κ1) is 19.8. The number of carbonyl (C=O) groups excluding carboxylic acids is 2. The van der Waals surface area contributed by atoms with Crippen molar-refractivity contribution >= 4 is 17.5 Å². The first-order valence-corrected chi connectivity index (χ1v) is 9.44. The highest BCUT2D eigenvalue weighted by molar-refractivity contribution is 5.89. The van der Waals surface area contributed by atoms with E-state index in [1.54, 1.807) is 24.3 Å². The molecule has 28 heavy (non-hydrogen) atoms. The molecule has 3 rings (SSSR count). The van der Waals surface area contributed by atoms with Crippen LogP contribution in [0.5, 0.6) is 5.75 Å². The normalized spacial score (nSPS) is 14.5. The summed E-state index contributed by atoms with van der Waals surface area (Å²) in [7, 11) is 0. The van der Waals surface area contributed by atoms with Gasteiger partial charge in [0.1, 0.15) is 5.75 Å². The summed E-state index contributed by atoms with van der Waals surface area (Å²) in [6.45, 7) is 5.07. The fraction of sp³-hybridized carbons (Fsp3) is 0.474. The molecule has 0 saturated carbocycles. The second-order valence-corrected chi connectivity index (χ2v) is 6.67. The molecular weight excluding hydrogens is 362 g/mol. The Morgan fingerprint density at radius 2 is 1.93 bits per heavy atom. The second kappa shape index (κ2) is 9.84. The first-order valence-electron chi connectivity index (χ1n) is 9.44. The number of ether oxygens (including phenoxy) is 1. The van der Waals surface area contributed by atoms with E-state index >= 15 is 0 Å². The predicted octanol–water partition coefficient (Wildman–Crippen LogP) is 1.82. The molecule has 2 N–H and O–H groups in total. The highest BCUT2D eigenvalue weighted by atomic mass is 16.5. The lowest BCUT2D eigenvalue weighted by molar-refractivity contribution is -0.114. The number of hydrogen-bond acceptors (Lipinski definition) is 7. The number of benzene rings is 1. The van der Waals surface area contributed by atoms with E-state index in [1.807, 2.05) is 0 Å². The molecule has 2 amide bonds. The maximum atomic E-state index is 12.1. The maximum Gasteiger partial charge on any atom is 0.316 e. The van der Waals surface area contributed by atoms with Gasteiger partial charge in [-0.2, -0.15) is 4.98 Å². The van der Waals surface area contributed by atoms with Crippen molar-refractivity contribution in [3.8, 4) is 5.75 Å². The van der Waals surface area contributed by atoms with Gasteiger partial charge in [0.25, 0.3) is 0 Å². The highest BCUT2D eigenvalue weighted by Crippen LogP contribution is 2.16. The molecule has 1 fully saturated rings. The van der Waals surface area contributed by atoms with Crippen LogP contribution in [-0.4, -0.2) is 53.0 Å². The van der Waals surface area contributed by atoms with Gasteiger partial charge in [0.05, 0.1) is 0 Å². The number of nitrogens with one attached hydrogen (secondary N) is 2. The zero-order chi connectivity index (χ0) is 19.8. The van der Waals surface area contributed by atoms with Gasteiger partial charge in [-0.1, -0.05) is 11.6 Å². The van der Waals surface area contributed by atoms with Crippen molar-refractivity contribution in [1.82, 2.24) is 20.4 Å². The van der Waals surface area contributed by atoms with Crippen molar-refractivity contribution in [2.45, 2.75) is 32.8 Å². The zero-order valence-corrected chi connectivity index (χ0v) is 15.9. The van der Waals surface area contributed by atoms with Crippen molar-refractivity contribution in [1.29, 1.82) is 0 Å². The van der Waals surface area contributed by atoms with Crippen molar-refractivity contribution in [2.24, 2.45) is 0 Å². The van der Waals surface area contributed by atoms with E-state index in [2.05, 4.69) is 25.7 Å². The monoisotopic (exact) mass is 387 g/mol. The van der Waals surface area contributed by atoms with E-state index in [-0.39, 0.29) is 30.1 Å². The van der Waals surface area contributed by atoms with Crippen molar-refractivity contribution in [3.63, 3.8) is 0 Å². The molecule has 0 aliphatic carbocycles. The Morgan fingerprint density at radius 3 is 2.64 bits per heavy atom. The van der Waals surface area contributed by atoms with Gasteiger partial charge in [-0.3, -0.25) is 9.59 Å². The molecule has 2 aromatic rings. The molecule has 2 heterocycles. The lowest BCUT2D eigenvalue weighted by Gasteiger charge is -2.26. The third-order valence-electron chi connectivity index (χ3n) is 4.37. The predicted molar refractivity (Wildman–Crippen MR) is 102 cm³/mol. The number of nitrogens with zero attached hydrogens (tertiary/aromatic N) is 3. The third kappa shape index (κ3) is 6.05. The minimum Gasteiger partial charge on any atom is -0.485 e. The Bertz CT molecular complexity index is 784. The molecule has 0 unspecified atom stereocenters. The van der Waals surface area contributed by atoms with Gasteiger partial charge in [0.2, 0.25) is 11.7 Å². The van der Waals surface area contributed by atoms with Crippen molar-refractivity contribution < 1.29 is 18.8 Å². The number of piperidine rings is 1. The molecule has 0 bridgehead atoms. The molecule has 1 aliphatic heterocycles. The maximum absolute atomic E-state index is 12.1. The van der Waals surface area contributed by atoms with Crippen LogP contribution in [0.4, 0.5) is 5.69 Å². The van der Waals surface area contributed by atoms with E-state index in [0.717, 1.165) is 19.6 Å². The Balaban J connectivity index is 1.41. The smallest absolute Gasteiger partial charge is 0.316 e. The summed E-state index contributed by atoms with van der Waals surface area (Å²) in [4.78, 5) is 29.5. The number of rotatable bonds is 8. The van der Waals surface area contributed by atoms with Gasteiger partial charge < -0.3 is 24.8 Å². The molecule has 1 aromatic heterocycles. The van der Waals surface area contributed by atoms with E-state index in [9.17, 15) is 9.59 Å². The highest BCUT2D eigenvalue weighted by Gasteiger charge is 2.16. The summed E-state index contributed by atoms with van der Waals surface area (Å²) in [5.41, 5.74) is 0.683. The minimum atomic E-state index is -0.379. The molecule has 1 aromatic carbocycles. The van der Waals surface area contributed by atoms with Gasteiger partial charge in [-0.05, 0) is 50.2 Å². The fourth-order valence-corrected chi connectivity index (χ4v) is 2.98. The molecule has 0 atom stereocenters. The van der Waals surface area contributed by atoms with Crippen LogP contribution in [-0.2, 0) is 11.4 Å². The van der Waals surface area contributed by atoms with Gasteiger partial charge in [0.15, 0.2) is 6.61 Å². The molecule has 1 aliphatic rings. The summed E-state index contributed by atoms with van der Waals surface area (Å²) < 4.78 is 10.6. The average Bonchev–Trinajstić information content (AvgIpc) is 3.17. The van der Waals surface area contributed by atoms with Gasteiger partial charge in [0, 0.05) is 25.7 Å². The molecule has 0 spiro atoms. The first-order chi connectivity index (χ1) is 13.6. The Morgan fingerprint density at radius 1 is 1.18 bits per heavy atom. The molecule has 1 saturated heterocycles.